The number of morpholine rings is 1. The minimum Gasteiger partial charge on any atom is -0.465 e. The van der Waals surface area contributed by atoms with Gasteiger partial charge in [0.1, 0.15) is 17.2 Å². The van der Waals surface area contributed by atoms with Crippen LogP contribution in [0.15, 0.2) is 36.7 Å². The van der Waals surface area contributed by atoms with Crippen molar-refractivity contribution in [3.8, 4) is 0 Å². The summed E-state index contributed by atoms with van der Waals surface area (Å²) in [6.07, 6.45) is 2.35. The van der Waals surface area contributed by atoms with Crippen LogP contribution in [0.4, 0.5) is 16.4 Å². The van der Waals surface area contributed by atoms with Gasteiger partial charge in [-0.2, -0.15) is 0 Å². The fraction of sp³-hybridized carbons (Fsp3) is 0.421. The van der Waals surface area contributed by atoms with Gasteiger partial charge in [0.15, 0.2) is 0 Å². The second kappa shape index (κ2) is 7.32. The van der Waals surface area contributed by atoms with Crippen molar-refractivity contribution < 1.29 is 14.6 Å². The molecule has 2 aromatic rings. The van der Waals surface area contributed by atoms with Gasteiger partial charge in [0.25, 0.3) is 0 Å². The molecule has 1 fully saturated rings. The van der Waals surface area contributed by atoms with E-state index in [1.165, 1.54) is 4.90 Å². The first kappa shape index (κ1) is 19.4. The van der Waals surface area contributed by atoms with Gasteiger partial charge in [-0.3, -0.25) is 0 Å². The van der Waals surface area contributed by atoms with E-state index in [2.05, 4.69) is 15.3 Å². The van der Waals surface area contributed by atoms with Gasteiger partial charge in [-0.05, 0) is 23.6 Å². The number of halogens is 1. The van der Waals surface area contributed by atoms with Gasteiger partial charge < -0.3 is 20.1 Å². The highest BCUT2D eigenvalue weighted by atomic mass is 35.5. The highest BCUT2D eigenvalue weighted by molar-refractivity contribution is 6.30. The summed E-state index contributed by atoms with van der Waals surface area (Å²) >= 11 is 5.85. The van der Waals surface area contributed by atoms with E-state index in [4.69, 9.17) is 16.3 Å². The number of nitrogens with zero attached hydrogens (tertiary/aromatic N) is 3. The molecular formula is C19H23ClN4O3. The number of aromatic nitrogens is 2. The van der Waals surface area contributed by atoms with Gasteiger partial charge in [0.05, 0.1) is 18.2 Å². The van der Waals surface area contributed by atoms with E-state index in [0.29, 0.717) is 29.8 Å². The molecule has 1 atom stereocenters. The second-order valence-electron chi connectivity index (χ2n) is 7.55. The van der Waals surface area contributed by atoms with Crippen LogP contribution >= 0.6 is 11.6 Å². The molecule has 1 aliphatic rings. The predicted octanol–water partition coefficient (Wildman–Crippen LogP) is 4.13. The molecule has 2 N–H and O–H groups in total. The van der Waals surface area contributed by atoms with Crippen molar-refractivity contribution in [3.63, 3.8) is 0 Å². The number of pyridine rings is 2. The molecular weight excluding hydrogens is 368 g/mol. The SMILES string of the molecule is CC(C)(C)C1(c2ccc(Nc3ccc(Cl)cn3)nc2)CN(C(=O)O)CCO1. The second-order valence-corrected chi connectivity index (χ2v) is 7.98. The Balaban J connectivity index is 1.87. The zero-order valence-electron chi connectivity index (χ0n) is 15.6. The lowest BCUT2D eigenvalue weighted by Gasteiger charge is -2.49. The Hall–Kier alpha value is -2.38. The summed E-state index contributed by atoms with van der Waals surface area (Å²) < 4.78 is 6.18. The Morgan fingerprint density at radius 3 is 2.41 bits per heavy atom. The molecule has 1 unspecified atom stereocenters. The Morgan fingerprint density at radius 2 is 1.89 bits per heavy atom. The lowest BCUT2D eigenvalue weighted by atomic mass is 9.71. The van der Waals surface area contributed by atoms with Crippen molar-refractivity contribution in [2.45, 2.75) is 26.4 Å². The predicted molar refractivity (Wildman–Crippen MR) is 103 cm³/mol. The molecule has 0 spiro atoms. The maximum Gasteiger partial charge on any atom is 0.407 e. The molecule has 0 radical (unpaired) electrons. The largest absolute Gasteiger partial charge is 0.465 e. The summed E-state index contributed by atoms with van der Waals surface area (Å²) in [6, 6.07) is 7.27. The Morgan fingerprint density at radius 1 is 1.22 bits per heavy atom. The Labute approximate surface area is 163 Å². The molecule has 1 saturated heterocycles. The highest BCUT2D eigenvalue weighted by Gasteiger charge is 2.49. The van der Waals surface area contributed by atoms with Crippen LogP contribution in [0.5, 0.6) is 0 Å². The Kier molecular flexibility index (Phi) is 5.26. The summed E-state index contributed by atoms with van der Waals surface area (Å²) in [5, 5.41) is 13.1. The molecule has 0 bridgehead atoms. The van der Waals surface area contributed by atoms with E-state index >= 15 is 0 Å². The quantitative estimate of drug-likeness (QED) is 0.819. The van der Waals surface area contributed by atoms with Crippen LogP contribution in [0.1, 0.15) is 26.3 Å². The van der Waals surface area contributed by atoms with E-state index in [-0.39, 0.29) is 12.0 Å². The number of hydrogen-bond donors (Lipinski definition) is 2. The van der Waals surface area contributed by atoms with Crippen molar-refractivity contribution in [1.29, 1.82) is 0 Å². The molecule has 7 nitrogen and oxygen atoms in total. The third kappa shape index (κ3) is 3.99. The van der Waals surface area contributed by atoms with Gasteiger partial charge in [0.2, 0.25) is 0 Å². The zero-order chi connectivity index (χ0) is 19.7. The van der Waals surface area contributed by atoms with Gasteiger partial charge in [0, 0.05) is 24.5 Å². The number of nitrogens with one attached hydrogen (secondary N) is 1. The van der Waals surface area contributed by atoms with Crippen molar-refractivity contribution >= 4 is 29.3 Å². The van der Waals surface area contributed by atoms with Gasteiger partial charge >= 0.3 is 6.09 Å². The maximum absolute atomic E-state index is 11.5. The molecule has 1 aliphatic heterocycles. The molecule has 27 heavy (non-hydrogen) atoms. The van der Waals surface area contributed by atoms with Gasteiger partial charge in [-0.1, -0.05) is 38.4 Å². The summed E-state index contributed by atoms with van der Waals surface area (Å²) in [5.74, 6) is 1.26. The van der Waals surface area contributed by atoms with Crippen LogP contribution in [-0.2, 0) is 10.3 Å². The van der Waals surface area contributed by atoms with E-state index in [0.717, 1.165) is 5.56 Å². The van der Waals surface area contributed by atoms with Crippen LogP contribution < -0.4 is 5.32 Å². The number of hydrogen-bond acceptors (Lipinski definition) is 5. The molecule has 1 amide bonds. The van der Waals surface area contributed by atoms with Crippen molar-refractivity contribution in [3.05, 3.63) is 47.2 Å². The summed E-state index contributed by atoms with van der Waals surface area (Å²) in [5.41, 5.74) is -0.251. The standard InChI is InChI=1S/C19H23ClN4O3/c1-18(2,3)19(12-24(17(25)26)8-9-27-19)13-4-6-15(21-10-13)23-16-7-5-14(20)11-22-16/h4-7,10-11H,8-9,12H2,1-3H3,(H,25,26)(H,21,22,23). The summed E-state index contributed by atoms with van der Waals surface area (Å²) in [4.78, 5) is 21.6. The molecule has 3 heterocycles. The minimum absolute atomic E-state index is 0.263. The fourth-order valence-corrected chi connectivity index (χ4v) is 3.35. The Bertz CT molecular complexity index is 805. The summed E-state index contributed by atoms with van der Waals surface area (Å²) in [7, 11) is 0. The molecule has 0 aliphatic carbocycles. The van der Waals surface area contributed by atoms with Crippen LogP contribution in [0.3, 0.4) is 0 Å². The van der Waals surface area contributed by atoms with Crippen LogP contribution in [0, 0.1) is 5.41 Å². The minimum atomic E-state index is -0.938. The number of ether oxygens (including phenoxy) is 1. The third-order valence-electron chi connectivity index (χ3n) is 4.82. The van der Waals surface area contributed by atoms with Crippen molar-refractivity contribution in [2.24, 2.45) is 5.41 Å². The average molecular weight is 391 g/mol. The van der Waals surface area contributed by atoms with Crippen LogP contribution in [-0.4, -0.2) is 45.8 Å². The van der Waals surface area contributed by atoms with Crippen molar-refractivity contribution in [1.82, 2.24) is 14.9 Å². The molecule has 0 aromatic carbocycles. The first-order chi connectivity index (χ1) is 12.7. The highest BCUT2D eigenvalue weighted by Crippen LogP contribution is 2.45. The first-order valence-electron chi connectivity index (χ1n) is 8.68. The molecule has 8 heteroatoms. The maximum atomic E-state index is 11.5. The zero-order valence-corrected chi connectivity index (χ0v) is 16.3. The molecule has 144 valence electrons. The smallest absolute Gasteiger partial charge is 0.407 e. The topological polar surface area (TPSA) is 87.6 Å². The van der Waals surface area contributed by atoms with Gasteiger partial charge in [-0.25, -0.2) is 14.8 Å². The normalized spacial score (nSPS) is 20.4. The monoisotopic (exact) mass is 390 g/mol. The third-order valence-corrected chi connectivity index (χ3v) is 5.04. The van der Waals surface area contributed by atoms with Crippen LogP contribution in [0.2, 0.25) is 5.02 Å². The van der Waals surface area contributed by atoms with Crippen molar-refractivity contribution in [2.75, 3.05) is 25.0 Å². The summed E-state index contributed by atoms with van der Waals surface area (Å²) in [6.45, 7) is 7.10. The number of carbonyl (C=O) groups is 1. The van der Waals surface area contributed by atoms with Gasteiger partial charge in [-0.15, -0.1) is 0 Å². The van der Waals surface area contributed by atoms with E-state index in [1.807, 2.05) is 32.9 Å². The van der Waals surface area contributed by atoms with E-state index in [1.54, 1.807) is 24.5 Å². The average Bonchev–Trinajstić information content (AvgIpc) is 2.63. The lowest BCUT2D eigenvalue weighted by molar-refractivity contribution is -0.166. The lowest BCUT2D eigenvalue weighted by Crippen LogP contribution is -2.57. The van der Waals surface area contributed by atoms with Crippen LogP contribution in [0.25, 0.3) is 0 Å². The number of rotatable bonds is 3. The molecule has 3 rings (SSSR count). The van der Waals surface area contributed by atoms with E-state index < -0.39 is 11.7 Å². The number of carboxylic acid groups (broad SMARTS) is 1. The number of anilines is 2. The fourth-order valence-electron chi connectivity index (χ4n) is 3.24. The molecule has 0 saturated carbocycles. The first-order valence-corrected chi connectivity index (χ1v) is 9.06. The molecule has 2 aromatic heterocycles. The van der Waals surface area contributed by atoms with E-state index in [9.17, 15) is 9.90 Å². The number of amides is 1.